The average Bonchev–Trinajstić information content (AvgIpc) is 3.43. The van der Waals surface area contributed by atoms with Gasteiger partial charge in [-0.05, 0) is 44.2 Å². The van der Waals surface area contributed by atoms with Gasteiger partial charge < -0.3 is 5.32 Å². The minimum Gasteiger partial charge on any atom is -0.351 e. The van der Waals surface area contributed by atoms with Crippen LogP contribution < -0.4 is 10.6 Å². The van der Waals surface area contributed by atoms with Gasteiger partial charge in [0, 0.05) is 28.8 Å². The van der Waals surface area contributed by atoms with Gasteiger partial charge in [0.15, 0.2) is 5.13 Å². The second-order valence-corrected chi connectivity index (χ2v) is 9.03. The van der Waals surface area contributed by atoms with E-state index in [1.807, 2.05) is 32.0 Å². The molecule has 4 rings (SSSR count). The lowest BCUT2D eigenvalue weighted by molar-refractivity contribution is -0.119. The molecular formula is C20H20N6O2S2. The molecule has 8 nitrogen and oxygen atoms in total. The number of nitrogens with one attached hydrogen (secondary N) is 2. The van der Waals surface area contributed by atoms with Crippen LogP contribution in [0.3, 0.4) is 0 Å². The van der Waals surface area contributed by atoms with Gasteiger partial charge in [-0.15, -0.1) is 27.8 Å². The van der Waals surface area contributed by atoms with Crippen LogP contribution in [0.2, 0.25) is 0 Å². The Morgan fingerprint density at radius 3 is 2.77 bits per heavy atom. The lowest BCUT2D eigenvalue weighted by Gasteiger charge is -2.02. The van der Waals surface area contributed by atoms with E-state index in [9.17, 15) is 9.59 Å². The number of amides is 2. The number of fused-ring (bicyclic) bond motifs is 1. The first kappa shape index (κ1) is 20.2. The van der Waals surface area contributed by atoms with Crippen molar-refractivity contribution in [2.75, 3.05) is 5.32 Å². The highest BCUT2D eigenvalue weighted by Gasteiger charge is 2.16. The quantitative estimate of drug-likeness (QED) is 0.474. The van der Waals surface area contributed by atoms with Crippen molar-refractivity contribution in [3.63, 3.8) is 0 Å². The molecule has 0 radical (unpaired) electrons. The second kappa shape index (κ2) is 8.33. The van der Waals surface area contributed by atoms with E-state index in [0.29, 0.717) is 22.8 Å². The van der Waals surface area contributed by atoms with E-state index in [4.69, 9.17) is 0 Å². The summed E-state index contributed by atoms with van der Waals surface area (Å²) < 4.78 is 1.79. The van der Waals surface area contributed by atoms with Crippen molar-refractivity contribution in [1.29, 1.82) is 0 Å². The van der Waals surface area contributed by atoms with Gasteiger partial charge in [0.2, 0.25) is 5.91 Å². The number of aryl methyl sites for hydroxylation is 2. The van der Waals surface area contributed by atoms with Crippen molar-refractivity contribution in [2.45, 2.75) is 33.9 Å². The third-order valence-corrected chi connectivity index (χ3v) is 6.48. The third-order valence-electron chi connectivity index (χ3n) is 4.50. The molecule has 0 saturated heterocycles. The predicted octanol–water partition coefficient (Wildman–Crippen LogP) is 3.83. The smallest absolute Gasteiger partial charge is 0.257 e. The molecule has 0 bridgehead atoms. The molecule has 0 aliphatic rings. The molecule has 154 valence electrons. The maximum Gasteiger partial charge on any atom is 0.257 e. The summed E-state index contributed by atoms with van der Waals surface area (Å²) in [6.07, 6.45) is 0. The number of thiazole rings is 1. The Morgan fingerprint density at radius 2 is 2.00 bits per heavy atom. The van der Waals surface area contributed by atoms with E-state index in [0.717, 1.165) is 32.4 Å². The Kier molecular flexibility index (Phi) is 5.60. The van der Waals surface area contributed by atoms with Crippen LogP contribution in [0.4, 0.5) is 5.13 Å². The fourth-order valence-corrected chi connectivity index (χ4v) is 4.89. The van der Waals surface area contributed by atoms with Crippen molar-refractivity contribution < 1.29 is 9.59 Å². The van der Waals surface area contributed by atoms with Crippen LogP contribution >= 0.6 is 22.7 Å². The highest BCUT2D eigenvalue weighted by Crippen LogP contribution is 2.35. The number of rotatable bonds is 6. The number of thiophene rings is 1. The van der Waals surface area contributed by atoms with Gasteiger partial charge in [-0.3, -0.25) is 14.9 Å². The molecule has 4 aromatic rings. The third kappa shape index (κ3) is 4.10. The largest absolute Gasteiger partial charge is 0.351 e. The normalized spacial score (nSPS) is 11.0. The van der Waals surface area contributed by atoms with Crippen molar-refractivity contribution in [2.24, 2.45) is 0 Å². The van der Waals surface area contributed by atoms with E-state index in [1.165, 1.54) is 18.3 Å². The van der Waals surface area contributed by atoms with E-state index >= 15 is 0 Å². The van der Waals surface area contributed by atoms with Crippen LogP contribution in [0.25, 0.3) is 21.6 Å². The van der Waals surface area contributed by atoms with E-state index < -0.39 is 0 Å². The Labute approximate surface area is 181 Å². The first-order valence-corrected chi connectivity index (χ1v) is 11.0. The standard InChI is InChI=1S/C20H20N6O2S2/c1-4-26-16-7-5-13(9-15(16)24-25-26)19(28)23-20-22-18(11(2)29-20)17-8-6-14(30-17)10-21-12(3)27/h5-9H,4,10H2,1-3H3,(H,21,27)(H,22,23,28). The molecule has 0 saturated carbocycles. The summed E-state index contributed by atoms with van der Waals surface area (Å²) in [4.78, 5) is 31.5. The number of anilines is 1. The molecule has 0 atom stereocenters. The van der Waals surface area contributed by atoms with Gasteiger partial charge in [0.25, 0.3) is 5.91 Å². The van der Waals surface area contributed by atoms with Crippen molar-refractivity contribution >= 4 is 50.7 Å². The highest BCUT2D eigenvalue weighted by atomic mass is 32.1. The Balaban J connectivity index is 1.50. The number of hydrogen-bond acceptors (Lipinski definition) is 7. The maximum atomic E-state index is 12.7. The molecule has 30 heavy (non-hydrogen) atoms. The molecule has 0 aliphatic heterocycles. The number of benzene rings is 1. The van der Waals surface area contributed by atoms with Gasteiger partial charge in [-0.1, -0.05) is 5.21 Å². The molecule has 0 spiro atoms. The van der Waals surface area contributed by atoms with Gasteiger partial charge in [0.05, 0.1) is 22.6 Å². The molecule has 2 N–H and O–H groups in total. The number of carbonyl (C=O) groups is 2. The first-order valence-electron chi connectivity index (χ1n) is 9.40. The molecule has 3 aromatic heterocycles. The first-order chi connectivity index (χ1) is 14.4. The Morgan fingerprint density at radius 1 is 1.17 bits per heavy atom. The van der Waals surface area contributed by atoms with Crippen molar-refractivity contribution in [1.82, 2.24) is 25.3 Å². The summed E-state index contributed by atoms with van der Waals surface area (Å²) in [5, 5.41) is 14.4. The summed E-state index contributed by atoms with van der Waals surface area (Å²) in [5.41, 5.74) is 2.93. The zero-order valence-corrected chi connectivity index (χ0v) is 18.4. The summed E-state index contributed by atoms with van der Waals surface area (Å²) in [5.74, 6) is -0.295. The van der Waals surface area contributed by atoms with Crippen molar-refractivity contribution in [3.8, 4) is 10.6 Å². The summed E-state index contributed by atoms with van der Waals surface area (Å²) >= 11 is 3.01. The van der Waals surface area contributed by atoms with Crippen LogP contribution in [0, 0.1) is 6.92 Å². The fraction of sp³-hybridized carbons (Fsp3) is 0.250. The zero-order valence-electron chi connectivity index (χ0n) is 16.7. The fourth-order valence-electron chi connectivity index (χ4n) is 3.01. The predicted molar refractivity (Wildman–Crippen MR) is 119 cm³/mol. The lowest BCUT2D eigenvalue weighted by Crippen LogP contribution is -2.17. The maximum absolute atomic E-state index is 12.7. The van der Waals surface area contributed by atoms with Gasteiger partial charge in [0.1, 0.15) is 5.52 Å². The van der Waals surface area contributed by atoms with E-state index in [-0.39, 0.29) is 11.8 Å². The van der Waals surface area contributed by atoms with E-state index in [2.05, 4.69) is 25.9 Å². The van der Waals surface area contributed by atoms with Gasteiger partial charge in [-0.2, -0.15) is 0 Å². The van der Waals surface area contributed by atoms with Crippen LogP contribution in [0.1, 0.15) is 34.0 Å². The molecule has 0 fully saturated rings. The van der Waals surface area contributed by atoms with Crippen LogP contribution in [0.15, 0.2) is 30.3 Å². The second-order valence-electron chi connectivity index (χ2n) is 6.66. The summed E-state index contributed by atoms with van der Waals surface area (Å²) in [7, 11) is 0. The summed E-state index contributed by atoms with van der Waals surface area (Å²) in [6.45, 7) is 6.69. The molecular weight excluding hydrogens is 420 g/mol. The number of hydrogen-bond donors (Lipinski definition) is 2. The van der Waals surface area contributed by atoms with Gasteiger partial charge >= 0.3 is 0 Å². The van der Waals surface area contributed by atoms with Crippen LogP contribution in [-0.2, 0) is 17.9 Å². The molecule has 0 aliphatic carbocycles. The van der Waals surface area contributed by atoms with Crippen LogP contribution in [0.5, 0.6) is 0 Å². The summed E-state index contributed by atoms with van der Waals surface area (Å²) in [6, 6.07) is 9.32. The van der Waals surface area contributed by atoms with Gasteiger partial charge in [-0.25, -0.2) is 9.67 Å². The number of nitrogens with zero attached hydrogens (tertiary/aromatic N) is 4. The van der Waals surface area contributed by atoms with Crippen LogP contribution in [-0.4, -0.2) is 31.8 Å². The van der Waals surface area contributed by atoms with E-state index in [1.54, 1.807) is 28.2 Å². The Hall–Kier alpha value is -3.11. The topological polar surface area (TPSA) is 102 Å². The zero-order chi connectivity index (χ0) is 21.3. The minimum absolute atomic E-state index is 0.0600. The lowest BCUT2D eigenvalue weighted by atomic mass is 10.2. The monoisotopic (exact) mass is 440 g/mol. The molecule has 2 amide bonds. The Bertz CT molecular complexity index is 1240. The minimum atomic E-state index is -0.235. The number of aromatic nitrogens is 4. The molecule has 10 heteroatoms. The molecule has 1 aromatic carbocycles. The average molecular weight is 441 g/mol. The number of carbonyl (C=O) groups excluding carboxylic acids is 2. The molecule has 3 heterocycles. The molecule has 0 unspecified atom stereocenters. The highest BCUT2D eigenvalue weighted by molar-refractivity contribution is 7.18. The SMILES string of the molecule is CCn1nnc2cc(C(=O)Nc3nc(-c4ccc(CNC(C)=O)s4)c(C)s3)ccc21. The van der Waals surface area contributed by atoms with Crippen molar-refractivity contribution in [3.05, 3.63) is 45.6 Å².